The second-order valence-electron chi connectivity index (χ2n) is 4.44. The summed E-state index contributed by atoms with van der Waals surface area (Å²) in [5, 5.41) is 2.72. The molecule has 6 heteroatoms. The van der Waals surface area contributed by atoms with Crippen molar-refractivity contribution in [3.05, 3.63) is 58.0 Å². The molecular weight excluding hydrogens is 288 g/mol. The molecule has 3 rings (SSSR count). The third-order valence-electron chi connectivity index (χ3n) is 3.08. The molecule has 3 aromatic rings. The molecule has 5 nitrogen and oxygen atoms in total. The second-order valence-corrected chi connectivity index (χ2v) is 5.47. The third-order valence-corrected chi connectivity index (χ3v) is 3.93. The average Bonchev–Trinajstić information content (AvgIpc) is 3.13. The summed E-state index contributed by atoms with van der Waals surface area (Å²) in [4.78, 5) is 13.1. The van der Waals surface area contributed by atoms with Crippen molar-refractivity contribution >= 4 is 28.2 Å². The highest BCUT2D eigenvalue weighted by molar-refractivity contribution is 7.09. The van der Waals surface area contributed by atoms with E-state index < -0.39 is 0 Å². The van der Waals surface area contributed by atoms with Crippen molar-refractivity contribution in [2.24, 2.45) is 5.84 Å². The maximum absolute atomic E-state index is 12.0. The summed E-state index contributed by atoms with van der Waals surface area (Å²) in [7, 11) is 0. The Morgan fingerprint density at radius 1 is 1.24 bits per heavy atom. The first kappa shape index (κ1) is 13.8. The number of thiophene rings is 1. The van der Waals surface area contributed by atoms with Crippen molar-refractivity contribution in [2.75, 3.05) is 0 Å². The van der Waals surface area contributed by atoms with Crippen LogP contribution in [0.3, 0.4) is 0 Å². The summed E-state index contributed by atoms with van der Waals surface area (Å²) in [6.45, 7) is 0.702. The summed E-state index contributed by atoms with van der Waals surface area (Å²) in [6, 6.07) is 11.3. The first-order chi connectivity index (χ1) is 10.3. The fraction of sp³-hybridized carbons (Fsp3) is 0.133. The van der Waals surface area contributed by atoms with Crippen LogP contribution in [0.1, 0.15) is 21.0 Å². The lowest BCUT2D eigenvalue weighted by molar-refractivity contribution is 0.0887. The standard InChI is InChI=1S/C15H14N2O3S/c16-17-15(18)14-11-5-1-2-6-12(11)20-13(14)9-19-8-10-4-3-7-21-10/h1-7H,8-9,16H2,(H,17,18). The minimum absolute atomic E-state index is 0.218. The van der Waals surface area contributed by atoms with Crippen LogP contribution in [0.5, 0.6) is 0 Å². The highest BCUT2D eigenvalue weighted by Gasteiger charge is 2.19. The minimum Gasteiger partial charge on any atom is -0.458 e. The quantitative estimate of drug-likeness (QED) is 0.431. The summed E-state index contributed by atoms with van der Waals surface area (Å²) in [6.07, 6.45) is 0. The number of carbonyl (C=O) groups is 1. The number of para-hydroxylation sites is 1. The van der Waals surface area contributed by atoms with Gasteiger partial charge in [0.15, 0.2) is 0 Å². The molecule has 0 unspecified atom stereocenters. The van der Waals surface area contributed by atoms with Gasteiger partial charge in [-0.1, -0.05) is 24.3 Å². The molecule has 0 aliphatic rings. The number of hydrazine groups is 1. The van der Waals surface area contributed by atoms with E-state index in [1.165, 1.54) is 0 Å². The predicted molar refractivity (Wildman–Crippen MR) is 80.7 cm³/mol. The van der Waals surface area contributed by atoms with Crippen molar-refractivity contribution in [2.45, 2.75) is 13.2 Å². The van der Waals surface area contributed by atoms with E-state index in [1.807, 2.05) is 41.8 Å². The fourth-order valence-corrected chi connectivity index (χ4v) is 2.80. The van der Waals surface area contributed by atoms with Crippen LogP contribution in [-0.4, -0.2) is 5.91 Å². The van der Waals surface area contributed by atoms with E-state index in [2.05, 4.69) is 5.43 Å². The Morgan fingerprint density at radius 2 is 2.10 bits per heavy atom. The Kier molecular flexibility index (Phi) is 4.01. The number of furan rings is 1. The van der Waals surface area contributed by atoms with Crippen LogP contribution in [-0.2, 0) is 18.0 Å². The number of hydrogen-bond donors (Lipinski definition) is 2. The molecule has 0 radical (unpaired) electrons. The van der Waals surface area contributed by atoms with Gasteiger partial charge in [0.25, 0.3) is 5.91 Å². The molecule has 3 N–H and O–H groups in total. The Hall–Kier alpha value is -2.15. The van der Waals surface area contributed by atoms with E-state index in [4.69, 9.17) is 15.0 Å². The molecule has 2 heterocycles. The zero-order valence-electron chi connectivity index (χ0n) is 11.2. The fourth-order valence-electron chi connectivity index (χ4n) is 2.16. The van der Waals surface area contributed by atoms with Gasteiger partial charge < -0.3 is 9.15 Å². The molecule has 21 heavy (non-hydrogen) atoms. The van der Waals surface area contributed by atoms with E-state index in [9.17, 15) is 4.79 Å². The number of benzene rings is 1. The largest absolute Gasteiger partial charge is 0.458 e. The van der Waals surface area contributed by atoms with Gasteiger partial charge in [0.05, 0.1) is 12.2 Å². The molecule has 0 bridgehead atoms. The molecule has 0 fully saturated rings. The molecule has 0 atom stereocenters. The Balaban J connectivity index is 1.84. The third kappa shape index (κ3) is 2.82. The van der Waals surface area contributed by atoms with Crippen molar-refractivity contribution in [3.63, 3.8) is 0 Å². The Labute approximate surface area is 125 Å². The number of amides is 1. The number of rotatable bonds is 5. The Bertz CT molecular complexity index is 749. The molecule has 2 aromatic heterocycles. The monoisotopic (exact) mass is 302 g/mol. The number of nitrogen functional groups attached to an aromatic ring is 1. The van der Waals surface area contributed by atoms with Gasteiger partial charge in [-0.2, -0.15) is 0 Å². The summed E-state index contributed by atoms with van der Waals surface area (Å²) in [5.74, 6) is 5.35. The zero-order valence-corrected chi connectivity index (χ0v) is 12.0. The van der Waals surface area contributed by atoms with Gasteiger partial charge in [0.1, 0.15) is 18.0 Å². The molecule has 0 saturated carbocycles. The maximum Gasteiger partial charge on any atom is 0.269 e. The second kappa shape index (κ2) is 6.09. The number of nitrogens with two attached hydrogens (primary N) is 1. The van der Waals surface area contributed by atoms with Crippen LogP contribution >= 0.6 is 11.3 Å². The van der Waals surface area contributed by atoms with E-state index in [1.54, 1.807) is 11.3 Å². The minimum atomic E-state index is -0.380. The van der Waals surface area contributed by atoms with Gasteiger partial charge in [-0.15, -0.1) is 11.3 Å². The van der Waals surface area contributed by atoms with Gasteiger partial charge in [-0.05, 0) is 17.5 Å². The maximum atomic E-state index is 12.0. The van der Waals surface area contributed by atoms with Gasteiger partial charge in [-0.25, -0.2) is 5.84 Å². The lowest BCUT2D eigenvalue weighted by Crippen LogP contribution is -2.30. The topological polar surface area (TPSA) is 77.5 Å². The highest BCUT2D eigenvalue weighted by atomic mass is 32.1. The van der Waals surface area contributed by atoms with Crippen LogP contribution in [0.15, 0.2) is 46.2 Å². The van der Waals surface area contributed by atoms with Crippen LogP contribution in [0.2, 0.25) is 0 Å². The van der Waals surface area contributed by atoms with Crippen LogP contribution < -0.4 is 11.3 Å². The molecular formula is C15H14N2O3S. The normalized spacial score (nSPS) is 10.9. The van der Waals surface area contributed by atoms with Gasteiger partial charge in [-0.3, -0.25) is 10.2 Å². The van der Waals surface area contributed by atoms with E-state index in [-0.39, 0.29) is 12.5 Å². The first-order valence-electron chi connectivity index (χ1n) is 6.41. The van der Waals surface area contributed by atoms with E-state index in [0.29, 0.717) is 23.5 Å². The van der Waals surface area contributed by atoms with Crippen molar-refractivity contribution in [1.29, 1.82) is 0 Å². The summed E-state index contributed by atoms with van der Waals surface area (Å²) >= 11 is 1.62. The number of nitrogens with one attached hydrogen (secondary N) is 1. The number of ether oxygens (including phenoxy) is 1. The van der Waals surface area contributed by atoms with Crippen molar-refractivity contribution in [3.8, 4) is 0 Å². The zero-order chi connectivity index (χ0) is 14.7. The summed E-state index contributed by atoms with van der Waals surface area (Å²) < 4.78 is 11.3. The average molecular weight is 302 g/mol. The SMILES string of the molecule is NNC(=O)c1c(COCc2cccs2)oc2ccccc12. The van der Waals surface area contributed by atoms with Crippen LogP contribution in [0.25, 0.3) is 11.0 Å². The molecule has 1 amide bonds. The molecule has 108 valence electrons. The van der Waals surface area contributed by atoms with Gasteiger partial charge in [0.2, 0.25) is 0 Å². The van der Waals surface area contributed by atoms with E-state index in [0.717, 1.165) is 10.3 Å². The Morgan fingerprint density at radius 3 is 2.86 bits per heavy atom. The molecule has 0 aliphatic heterocycles. The number of carbonyl (C=O) groups excluding carboxylic acids is 1. The van der Waals surface area contributed by atoms with Crippen LogP contribution in [0.4, 0.5) is 0 Å². The van der Waals surface area contributed by atoms with Crippen molar-refractivity contribution < 1.29 is 13.9 Å². The lowest BCUT2D eigenvalue weighted by Gasteiger charge is -2.03. The number of hydrogen-bond acceptors (Lipinski definition) is 5. The van der Waals surface area contributed by atoms with Gasteiger partial charge in [0, 0.05) is 10.3 Å². The molecule has 0 spiro atoms. The predicted octanol–water partition coefficient (Wildman–Crippen LogP) is 2.81. The smallest absolute Gasteiger partial charge is 0.269 e. The lowest BCUT2D eigenvalue weighted by atomic mass is 10.1. The molecule has 0 saturated heterocycles. The molecule has 1 aromatic carbocycles. The first-order valence-corrected chi connectivity index (χ1v) is 7.29. The molecule has 0 aliphatic carbocycles. The highest BCUT2D eigenvalue weighted by Crippen LogP contribution is 2.26. The summed E-state index contributed by atoms with van der Waals surface area (Å²) in [5.41, 5.74) is 3.23. The van der Waals surface area contributed by atoms with E-state index >= 15 is 0 Å². The number of fused-ring (bicyclic) bond motifs is 1. The van der Waals surface area contributed by atoms with Crippen LogP contribution in [0, 0.1) is 0 Å². The van der Waals surface area contributed by atoms with Gasteiger partial charge >= 0.3 is 0 Å². The van der Waals surface area contributed by atoms with Crippen molar-refractivity contribution in [1.82, 2.24) is 5.43 Å².